The monoisotopic (exact) mass is 263 g/mol. The van der Waals surface area contributed by atoms with Gasteiger partial charge in [0.25, 0.3) is 0 Å². The molecule has 1 aromatic carbocycles. The normalized spacial score (nSPS) is 11.3. The van der Waals surface area contributed by atoms with Crippen LogP contribution in [0.5, 0.6) is 0 Å². The van der Waals surface area contributed by atoms with Crippen molar-refractivity contribution >= 4 is 17.3 Å². The number of likely N-dealkylation sites (N-methyl/N-ethyl adjacent to an activating group) is 1. The molecule has 1 amide bonds. The van der Waals surface area contributed by atoms with Gasteiger partial charge in [-0.15, -0.1) is 0 Å². The van der Waals surface area contributed by atoms with Gasteiger partial charge in [0, 0.05) is 25.5 Å². The lowest BCUT2D eigenvalue weighted by molar-refractivity contribution is -0.121. The molecule has 1 rings (SSSR count). The molecule has 1 aromatic rings. The molecule has 0 heterocycles. The summed E-state index contributed by atoms with van der Waals surface area (Å²) in [6.45, 7) is 8.53. The summed E-state index contributed by atoms with van der Waals surface area (Å²) >= 11 is 0. The van der Waals surface area contributed by atoms with E-state index in [1.165, 1.54) is 0 Å². The Bertz CT molecular complexity index is 453. The van der Waals surface area contributed by atoms with Crippen LogP contribution in [-0.4, -0.2) is 32.1 Å². The summed E-state index contributed by atoms with van der Waals surface area (Å²) in [4.78, 5) is 14.3. The van der Waals surface area contributed by atoms with Gasteiger partial charge in [0.15, 0.2) is 0 Å². The highest BCUT2D eigenvalue weighted by Gasteiger charge is 2.26. The van der Waals surface area contributed by atoms with Crippen LogP contribution in [0.4, 0.5) is 11.4 Å². The lowest BCUT2D eigenvalue weighted by Gasteiger charge is -2.25. The average Bonchev–Trinajstić information content (AvgIpc) is 2.31. The van der Waals surface area contributed by atoms with Gasteiger partial charge in [-0.05, 0) is 51.1 Å². The number of aryl methyl sites for hydroxylation is 1. The van der Waals surface area contributed by atoms with E-state index in [1.54, 1.807) is 0 Å². The van der Waals surface area contributed by atoms with Crippen LogP contribution in [0.2, 0.25) is 0 Å². The number of nitrogens with one attached hydrogen (secondary N) is 2. The van der Waals surface area contributed by atoms with Gasteiger partial charge in [0.05, 0.1) is 5.54 Å². The third-order valence-corrected chi connectivity index (χ3v) is 3.16. The predicted molar refractivity (Wildman–Crippen MR) is 81.9 cm³/mol. The zero-order valence-electron chi connectivity index (χ0n) is 12.8. The van der Waals surface area contributed by atoms with Crippen LogP contribution in [0, 0.1) is 6.92 Å². The lowest BCUT2D eigenvalue weighted by Crippen LogP contribution is -2.49. The van der Waals surface area contributed by atoms with E-state index >= 15 is 0 Å². The average molecular weight is 263 g/mol. The van der Waals surface area contributed by atoms with Crippen LogP contribution >= 0.6 is 0 Å². The van der Waals surface area contributed by atoms with Gasteiger partial charge in [-0.3, -0.25) is 4.79 Å². The highest BCUT2D eigenvalue weighted by atomic mass is 16.2. The van der Waals surface area contributed by atoms with Gasteiger partial charge in [-0.1, -0.05) is 6.92 Å². The number of nitrogens with zero attached hydrogens (tertiary/aromatic N) is 1. The standard InChI is InChI=1S/C15H25N3O/c1-7-16-15(3,4)14(19)17-13-9-8-12(18(5)6)10-11(13)2/h8-10,16H,7H2,1-6H3,(H,17,19). The Balaban J connectivity index is 2.86. The highest BCUT2D eigenvalue weighted by molar-refractivity contribution is 5.98. The van der Waals surface area contributed by atoms with E-state index < -0.39 is 5.54 Å². The first-order chi connectivity index (χ1) is 8.77. The Labute approximate surface area is 116 Å². The maximum absolute atomic E-state index is 12.2. The van der Waals surface area contributed by atoms with Gasteiger partial charge >= 0.3 is 0 Å². The molecule has 4 nitrogen and oxygen atoms in total. The zero-order chi connectivity index (χ0) is 14.6. The van der Waals surface area contributed by atoms with Crippen molar-refractivity contribution in [2.45, 2.75) is 33.2 Å². The summed E-state index contributed by atoms with van der Waals surface area (Å²) in [7, 11) is 4.00. The second kappa shape index (κ2) is 6.06. The Kier molecular flexibility index (Phi) is 4.95. The molecule has 4 heteroatoms. The fraction of sp³-hybridized carbons (Fsp3) is 0.533. The Morgan fingerprint density at radius 2 is 1.95 bits per heavy atom. The van der Waals surface area contributed by atoms with Gasteiger partial charge in [-0.2, -0.15) is 0 Å². The molecule has 0 radical (unpaired) electrons. The van der Waals surface area contributed by atoms with Gasteiger partial charge in [-0.25, -0.2) is 0 Å². The number of hydrogen-bond acceptors (Lipinski definition) is 3. The van der Waals surface area contributed by atoms with Crippen LogP contribution in [0.25, 0.3) is 0 Å². The van der Waals surface area contributed by atoms with Crippen LogP contribution in [-0.2, 0) is 4.79 Å². The Hall–Kier alpha value is -1.55. The van der Waals surface area contributed by atoms with Crippen molar-refractivity contribution in [3.63, 3.8) is 0 Å². The van der Waals surface area contributed by atoms with Gasteiger partial charge < -0.3 is 15.5 Å². The van der Waals surface area contributed by atoms with Crippen LogP contribution < -0.4 is 15.5 Å². The third-order valence-electron chi connectivity index (χ3n) is 3.16. The molecule has 0 unspecified atom stereocenters. The smallest absolute Gasteiger partial charge is 0.244 e. The highest BCUT2D eigenvalue weighted by Crippen LogP contribution is 2.22. The molecular weight excluding hydrogens is 238 g/mol. The molecule has 0 saturated carbocycles. The summed E-state index contributed by atoms with van der Waals surface area (Å²) in [5, 5.41) is 6.15. The quantitative estimate of drug-likeness (QED) is 0.857. The lowest BCUT2D eigenvalue weighted by atomic mass is 10.0. The maximum atomic E-state index is 12.2. The SMILES string of the molecule is CCNC(C)(C)C(=O)Nc1ccc(N(C)C)cc1C. The minimum absolute atomic E-state index is 0.0185. The molecule has 0 aliphatic rings. The summed E-state index contributed by atoms with van der Waals surface area (Å²) in [6.07, 6.45) is 0. The Morgan fingerprint density at radius 3 is 2.42 bits per heavy atom. The number of rotatable bonds is 5. The number of carbonyl (C=O) groups excluding carboxylic acids is 1. The topological polar surface area (TPSA) is 44.4 Å². The molecule has 0 aliphatic carbocycles. The van der Waals surface area contributed by atoms with E-state index in [-0.39, 0.29) is 5.91 Å². The molecule has 0 aliphatic heterocycles. The van der Waals surface area contributed by atoms with Crippen molar-refractivity contribution in [1.82, 2.24) is 5.32 Å². The molecule has 0 fully saturated rings. The third kappa shape index (κ3) is 3.96. The number of carbonyl (C=O) groups is 1. The number of hydrogen-bond donors (Lipinski definition) is 2. The fourth-order valence-corrected chi connectivity index (χ4v) is 1.87. The minimum Gasteiger partial charge on any atom is -0.378 e. The second-order valence-electron chi connectivity index (χ2n) is 5.50. The van der Waals surface area contributed by atoms with E-state index in [0.717, 1.165) is 23.5 Å². The van der Waals surface area contributed by atoms with Gasteiger partial charge in [0.1, 0.15) is 0 Å². The van der Waals surface area contributed by atoms with E-state index in [4.69, 9.17) is 0 Å². The Morgan fingerprint density at radius 1 is 1.32 bits per heavy atom. The molecule has 0 bridgehead atoms. The molecule has 0 atom stereocenters. The van der Waals surface area contributed by atoms with Crippen LogP contribution in [0.15, 0.2) is 18.2 Å². The zero-order valence-corrected chi connectivity index (χ0v) is 12.8. The number of benzene rings is 1. The van der Waals surface area contributed by atoms with Crippen molar-refractivity contribution in [2.75, 3.05) is 30.9 Å². The first-order valence-electron chi connectivity index (χ1n) is 6.62. The van der Waals surface area contributed by atoms with E-state index in [0.29, 0.717) is 0 Å². The molecule has 2 N–H and O–H groups in total. The first kappa shape index (κ1) is 15.5. The predicted octanol–water partition coefficient (Wildman–Crippen LogP) is 2.39. The summed E-state index contributed by atoms with van der Waals surface area (Å²) < 4.78 is 0. The largest absolute Gasteiger partial charge is 0.378 e. The van der Waals surface area contributed by atoms with Gasteiger partial charge in [0.2, 0.25) is 5.91 Å². The van der Waals surface area contributed by atoms with E-state index in [9.17, 15) is 4.79 Å². The fourth-order valence-electron chi connectivity index (χ4n) is 1.87. The number of anilines is 2. The molecule has 0 saturated heterocycles. The minimum atomic E-state index is -0.568. The summed E-state index contributed by atoms with van der Waals surface area (Å²) in [5.41, 5.74) is 2.48. The first-order valence-corrected chi connectivity index (χ1v) is 6.62. The van der Waals surface area contributed by atoms with Crippen molar-refractivity contribution in [3.8, 4) is 0 Å². The van der Waals surface area contributed by atoms with E-state index in [1.807, 2.05) is 58.8 Å². The second-order valence-corrected chi connectivity index (χ2v) is 5.50. The van der Waals surface area contributed by atoms with Crippen LogP contribution in [0.3, 0.4) is 0 Å². The molecule has 19 heavy (non-hydrogen) atoms. The molecule has 0 spiro atoms. The molecule has 106 valence electrons. The summed E-state index contributed by atoms with van der Waals surface area (Å²) in [5.74, 6) is -0.0185. The van der Waals surface area contributed by atoms with Crippen molar-refractivity contribution in [1.29, 1.82) is 0 Å². The van der Waals surface area contributed by atoms with E-state index in [2.05, 4.69) is 16.7 Å². The maximum Gasteiger partial charge on any atom is 0.244 e. The van der Waals surface area contributed by atoms with Crippen LogP contribution in [0.1, 0.15) is 26.3 Å². The number of amides is 1. The van der Waals surface area contributed by atoms with Crippen molar-refractivity contribution < 1.29 is 4.79 Å². The molecule has 0 aromatic heterocycles. The molecular formula is C15H25N3O. The van der Waals surface area contributed by atoms with Crippen molar-refractivity contribution in [3.05, 3.63) is 23.8 Å². The summed E-state index contributed by atoms with van der Waals surface area (Å²) in [6, 6.07) is 6.02. The van der Waals surface area contributed by atoms with Crippen molar-refractivity contribution in [2.24, 2.45) is 0 Å².